The first-order chi connectivity index (χ1) is 9.43. The zero-order valence-electron chi connectivity index (χ0n) is 11.1. The molecule has 0 aliphatic heterocycles. The Morgan fingerprint density at radius 1 is 1.16 bits per heavy atom. The number of pyridine rings is 1. The fourth-order valence-electron chi connectivity index (χ4n) is 2.73. The van der Waals surface area contributed by atoms with E-state index in [0.29, 0.717) is 6.04 Å². The molecule has 0 atom stereocenters. The molecule has 0 spiro atoms. The van der Waals surface area contributed by atoms with Crippen molar-refractivity contribution in [3.05, 3.63) is 42.4 Å². The van der Waals surface area contributed by atoms with E-state index >= 15 is 0 Å². The van der Waals surface area contributed by atoms with E-state index in [1.54, 1.807) is 6.20 Å². The lowest BCUT2D eigenvalue weighted by molar-refractivity contribution is 0.372. The Labute approximate surface area is 113 Å². The van der Waals surface area contributed by atoms with E-state index in [1.165, 1.54) is 37.7 Å². The van der Waals surface area contributed by atoms with Gasteiger partial charge in [-0.1, -0.05) is 25.3 Å². The molecule has 1 saturated carbocycles. The van der Waals surface area contributed by atoms with E-state index in [-0.39, 0.29) is 0 Å². The smallest absolute Gasteiger partial charge is 0.157 e. The molecule has 0 unspecified atom stereocenters. The first-order valence-electron chi connectivity index (χ1n) is 7.11. The van der Waals surface area contributed by atoms with Crippen molar-refractivity contribution in [3.8, 4) is 5.82 Å². The molecule has 2 aromatic heterocycles. The lowest BCUT2D eigenvalue weighted by Crippen LogP contribution is -2.30. The van der Waals surface area contributed by atoms with E-state index in [1.807, 2.05) is 29.2 Å². The monoisotopic (exact) mass is 256 g/mol. The number of hydrogen-bond acceptors (Lipinski definition) is 3. The van der Waals surface area contributed by atoms with Crippen molar-refractivity contribution in [2.75, 3.05) is 0 Å². The van der Waals surface area contributed by atoms with Crippen LogP contribution in [0.2, 0.25) is 0 Å². The molecule has 2 heterocycles. The lowest BCUT2D eigenvalue weighted by atomic mass is 9.95. The molecule has 100 valence electrons. The van der Waals surface area contributed by atoms with Crippen LogP contribution >= 0.6 is 0 Å². The summed E-state index contributed by atoms with van der Waals surface area (Å²) in [5.41, 5.74) is 1.21. The van der Waals surface area contributed by atoms with Gasteiger partial charge >= 0.3 is 0 Å². The normalized spacial score (nSPS) is 16.6. The molecule has 19 heavy (non-hydrogen) atoms. The van der Waals surface area contributed by atoms with Crippen molar-refractivity contribution in [1.29, 1.82) is 0 Å². The molecule has 1 aliphatic rings. The minimum absolute atomic E-state index is 0.666. The van der Waals surface area contributed by atoms with Gasteiger partial charge in [-0.05, 0) is 25.0 Å². The Morgan fingerprint density at radius 3 is 2.84 bits per heavy atom. The van der Waals surface area contributed by atoms with Crippen LogP contribution in [0.3, 0.4) is 0 Å². The van der Waals surface area contributed by atoms with Crippen molar-refractivity contribution in [2.24, 2.45) is 0 Å². The van der Waals surface area contributed by atoms with Crippen LogP contribution in [0.15, 0.2) is 36.8 Å². The van der Waals surface area contributed by atoms with Gasteiger partial charge in [-0.3, -0.25) is 0 Å². The number of nitrogens with one attached hydrogen (secondary N) is 1. The Bertz CT molecular complexity index is 501. The second-order valence-electron chi connectivity index (χ2n) is 5.15. The highest BCUT2D eigenvalue weighted by Gasteiger charge is 2.13. The van der Waals surface area contributed by atoms with Gasteiger partial charge in [0.05, 0.1) is 0 Å². The number of aromatic nitrogens is 3. The predicted octanol–water partition coefficient (Wildman–Crippen LogP) is 2.69. The summed E-state index contributed by atoms with van der Waals surface area (Å²) >= 11 is 0. The third-order valence-electron chi connectivity index (χ3n) is 3.78. The van der Waals surface area contributed by atoms with Gasteiger partial charge in [0.2, 0.25) is 0 Å². The molecule has 0 radical (unpaired) electrons. The van der Waals surface area contributed by atoms with Crippen molar-refractivity contribution in [1.82, 2.24) is 20.1 Å². The molecule has 1 fully saturated rings. The highest BCUT2D eigenvalue weighted by atomic mass is 15.3. The van der Waals surface area contributed by atoms with Gasteiger partial charge in [-0.2, -0.15) is 5.10 Å². The number of hydrogen-bond donors (Lipinski definition) is 1. The second-order valence-corrected chi connectivity index (χ2v) is 5.15. The Balaban J connectivity index is 1.70. The third kappa shape index (κ3) is 3.01. The van der Waals surface area contributed by atoms with Crippen LogP contribution < -0.4 is 5.32 Å². The van der Waals surface area contributed by atoms with Crippen LogP contribution in [-0.2, 0) is 6.54 Å². The van der Waals surface area contributed by atoms with E-state index in [0.717, 1.165) is 12.4 Å². The molecule has 4 heteroatoms. The Kier molecular flexibility index (Phi) is 3.89. The fraction of sp³-hybridized carbons (Fsp3) is 0.467. The predicted molar refractivity (Wildman–Crippen MR) is 75.1 cm³/mol. The highest BCUT2D eigenvalue weighted by Crippen LogP contribution is 2.18. The van der Waals surface area contributed by atoms with Crippen molar-refractivity contribution in [2.45, 2.75) is 44.7 Å². The number of rotatable bonds is 4. The average molecular weight is 256 g/mol. The summed E-state index contributed by atoms with van der Waals surface area (Å²) in [7, 11) is 0. The van der Waals surface area contributed by atoms with Crippen LogP contribution in [0.25, 0.3) is 5.82 Å². The van der Waals surface area contributed by atoms with E-state index < -0.39 is 0 Å². The van der Waals surface area contributed by atoms with Crippen molar-refractivity contribution < 1.29 is 0 Å². The Hall–Kier alpha value is -1.68. The van der Waals surface area contributed by atoms with Gasteiger partial charge in [0.25, 0.3) is 0 Å². The molecule has 4 nitrogen and oxygen atoms in total. The van der Waals surface area contributed by atoms with Crippen molar-refractivity contribution in [3.63, 3.8) is 0 Å². The SMILES string of the molecule is c1cnc(-n2cccn2)c(CNC2CCCCC2)c1. The van der Waals surface area contributed by atoms with Gasteiger partial charge < -0.3 is 5.32 Å². The highest BCUT2D eigenvalue weighted by molar-refractivity contribution is 5.32. The zero-order valence-corrected chi connectivity index (χ0v) is 11.1. The third-order valence-corrected chi connectivity index (χ3v) is 3.78. The van der Waals surface area contributed by atoms with Crippen LogP contribution in [-0.4, -0.2) is 20.8 Å². The standard InChI is InChI=1S/C15H20N4/c1-2-7-14(8-3-1)17-12-13-6-4-9-16-15(13)19-11-5-10-18-19/h4-6,9-11,14,17H,1-3,7-8,12H2. The van der Waals surface area contributed by atoms with Crippen LogP contribution in [0, 0.1) is 0 Å². The molecule has 0 bridgehead atoms. The zero-order chi connectivity index (χ0) is 12.9. The first kappa shape index (κ1) is 12.4. The van der Waals surface area contributed by atoms with Crippen LogP contribution in [0.1, 0.15) is 37.7 Å². The molecule has 0 amide bonds. The quantitative estimate of drug-likeness (QED) is 0.914. The second kappa shape index (κ2) is 5.97. The average Bonchev–Trinajstić information content (AvgIpc) is 3.01. The summed E-state index contributed by atoms with van der Waals surface area (Å²) in [4.78, 5) is 4.45. The minimum atomic E-state index is 0.666. The van der Waals surface area contributed by atoms with Gasteiger partial charge in [0.15, 0.2) is 5.82 Å². The molecule has 1 N–H and O–H groups in total. The van der Waals surface area contributed by atoms with Gasteiger partial charge in [0.1, 0.15) is 0 Å². The summed E-state index contributed by atoms with van der Waals surface area (Å²) in [5, 5.41) is 7.93. The van der Waals surface area contributed by atoms with Gasteiger partial charge in [-0.25, -0.2) is 9.67 Å². The number of nitrogens with zero attached hydrogens (tertiary/aromatic N) is 3. The lowest BCUT2D eigenvalue weighted by Gasteiger charge is -2.23. The van der Waals surface area contributed by atoms with Crippen molar-refractivity contribution >= 4 is 0 Å². The first-order valence-corrected chi connectivity index (χ1v) is 7.11. The summed E-state index contributed by atoms with van der Waals surface area (Å²) in [6.07, 6.45) is 12.3. The van der Waals surface area contributed by atoms with Crippen LogP contribution in [0.4, 0.5) is 0 Å². The molecule has 2 aromatic rings. The maximum atomic E-state index is 4.45. The van der Waals surface area contributed by atoms with Gasteiger partial charge in [0, 0.05) is 36.7 Å². The molecular weight excluding hydrogens is 236 g/mol. The molecule has 3 rings (SSSR count). The summed E-state index contributed by atoms with van der Waals surface area (Å²) < 4.78 is 1.83. The largest absolute Gasteiger partial charge is 0.310 e. The minimum Gasteiger partial charge on any atom is -0.310 e. The molecular formula is C15H20N4. The molecule has 0 aromatic carbocycles. The molecule has 0 saturated heterocycles. The topological polar surface area (TPSA) is 42.7 Å². The fourth-order valence-corrected chi connectivity index (χ4v) is 2.73. The summed E-state index contributed by atoms with van der Waals surface area (Å²) in [6, 6.07) is 6.71. The van der Waals surface area contributed by atoms with E-state index in [4.69, 9.17) is 0 Å². The van der Waals surface area contributed by atoms with E-state index in [9.17, 15) is 0 Å². The summed E-state index contributed by atoms with van der Waals surface area (Å²) in [6.45, 7) is 0.869. The Morgan fingerprint density at radius 2 is 2.05 bits per heavy atom. The van der Waals surface area contributed by atoms with Gasteiger partial charge in [-0.15, -0.1) is 0 Å². The van der Waals surface area contributed by atoms with E-state index in [2.05, 4.69) is 21.5 Å². The van der Waals surface area contributed by atoms with Crippen LogP contribution in [0.5, 0.6) is 0 Å². The summed E-state index contributed by atoms with van der Waals surface area (Å²) in [5.74, 6) is 0.927. The maximum Gasteiger partial charge on any atom is 0.157 e. The molecule has 1 aliphatic carbocycles. The maximum absolute atomic E-state index is 4.45.